The van der Waals surface area contributed by atoms with Crippen LogP contribution in [0.1, 0.15) is 12.5 Å². The smallest absolute Gasteiger partial charge is 0.326 e. The first-order valence-electron chi connectivity index (χ1n) is 4.22. The largest absolute Gasteiger partial charge is 0.480 e. The summed E-state index contributed by atoms with van der Waals surface area (Å²) in [6.07, 6.45) is 0.248. The van der Waals surface area contributed by atoms with Crippen LogP contribution in [0, 0.1) is 0 Å². The maximum atomic E-state index is 10.8. The molecule has 1 aromatic heterocycles. The van der Waals surface area contributed by atoms with Gasteiger partial charge in [0.25, 0.3) is 0 Å². The molecule has 82 valence electrons. The molecular formula is C9H10ClNO3S. The molecule has 0 aliphatic carbocycles. The van der Waals surface area contributed by atoms with Crippen LogP contribution < -0.4 is 5.32 Å². The highest BCUT2D eigenvalue weighted by molar-refractivity contribution is 7.14. The van der Waals surface area contributed by atoms with E-state index in [0.717, 1.165) is 5.56 Å². The third kappa shape index (κ3) is 3.89. The second-order valence-electron chi connectivity index (χ2n) is 3.05. The number of carbonyl (C=O) groups excluding carboxylic acids is 1. The molecule has 0 aromatic carbocycles. The zero-order chi connectivity index (χ0) is 11.4. The maximum absolute atomic E-state index is 10.8. The van der Waals surface area contributed by atoms with Gasteiger partial charge in [-0.1, -0.05) is 11.6 Å². The van der Waals surface area contributed by atoms with Crippen LogP contribution in [0.15, 0.2) is 11.4 Å². The van der Waals surface area contributed by atoms with E-state index in [2.05, 4.69) is 5.32 Å². The molecule has 1 aromatic rings. The molecule has 1 unspecified atom stereocenters. The number of carboxylic acid groups (broad SMARTS) is 1. The Hall–Kier alpha value is -1.07. The van der Waals surface area contributed by atoms with Crippen LogP contribution in [0.25, 0.3) is 0 Å². The van der Waals surface area contributed by atoms with Gasteiger partial charge < -0.3 is 10.4 Å². The van der Waals surface area contributed by atoms with Crippen molar-refractivity contribution < 1.29 is 14.7 Å². The van der Waals surface area contributed by atoms with Crippen molar-refractivity contribution in [3.63, 3.8) is 0 Å². The Morgan fingerprint density at radius 1 is 1.67 bits per heavy atom. The summed E-state index contributed by atoms with van der Waals surface area (Å²) in [7, 11) is 0. The first-order valence-corrected chi connectivity index (χ1v) is 5.47. The first-order chi connectivity index (χ1) is 6.99. The standard InChI is InChI=1S/C9H10ClNO3S/c1-5(12)11-7(9(13)14)2-6-3-8(10)15-4-6/h3-4,7H,2H2,1H3,(H,11,12)(H,13,14). The van der Waals surface area contributed by atoms with Crippen molar-refractivity contribution in [2.24, 2.45) is 0 Å². The van der Waals surface area contributed by atoms with Gasteiger partial charge in [0.05, 0.1) is 4.34 Å². The number of hydrogen-bond donors (Lipinski definition) is 2. The molecular weight excluding hydrogens is 238 g/mol. The molecule has 2 N–H and O–H groups in total. The van der Waals surface area contributed by atoms with Crippen molar-refractivity contribution >= 4 is 34.8 Å². The van der Waals surface area contributed by atoms with Crippen LogP contribution in [0.4, 0.5) is 0 Å². The SMILES string of the molecule is CC(=O)NC(Cc1csc(Cl)c1)C(=O)O. The van der Waals surface area contributed by atoms with E-state index in [9.17, 15) is 9.59 Å². The number of carboxylic acids is 1. The average molecular weight is 248 g/mol. The van der Waals surface area contributed by atoms with Crippen LogP contribution in [0.3, 0.4) is 0 Å². The van der Waals surface area contributed by atoms with Crippen molar-refractivity contribution in [1.82, 2.24) is 5.32 Å². The Kier molecular flexibility index (Phi) is 4.11. The van der Waals surface area contributed by atoms with E-state index in [1.54, 1.807) is 11.4 Å². The highest BCUT2D eigenvalue weighted by Gasteiger charge is 2.19. The minimum Gasteiger partial charge on any atom is -0.480 e. The molecule has 4 nitrogen and oxygen atoms in total. The van der Waals surface area contributed by atoms with E-state index >= 15 is 0 Å². The summed E-state index contributed by atoms with van der Waals surface area (Å²) in [5, 5.41) is 13.0. The number of halogens is 1. The summed E-state index contributed by atoms with van der Waals surface area (Å²) < 4.78 is 0.608. The van der Waals surface area contributed by atoms with Gasteiger partial charge in [-0.3, -0.25) is 4.79 Å². The molecule has 6 heteroatoms. The highest BCUT2D eigenvalue weighted by atomic mass is 35.5. The topological polar surface area (TPSA) is 66.4 Å². The Balaban J connectivity index is 2.66. The minimum atomic E-state index is -1.05. The second-order valence-corrected chi connectivity index (χ2v) is 4.60. The Morgan fingerprint density at radius 2 is 2.33 bits per heavy atom. The predicted octanol–water partition coefficient (Wildman–Crippen LogP) is 1.53. The molecule has 15 heavy (non-hydrogen) atoms. The number of nitrogens with one attached hydrogen (secondary N) is 1. The fourth-order valence-corrected chi connectivity index (χ4v) is 2.06. The molecule has 0 radical (unpaired) electrons. The lowest BCUT2D eigenvalue weighted by molar-refractivity contribution is -0.141. The molecule has 0 bridgehead atoms. The molecule has 0 saturated heterocycles. The van der Waals surface area contributed by atoms with Crippen LogP contribution in [-0.4, -0.2) is 23.0 Å². The van der Waals surface area contributed by atoms with Gasteiger partial charge in [0.1, 0.15) is 6.04 Å². The van der Waals surface area contributed by atoms with Crippen LogP contribution in [0.2, 0.25) is 4.34 Å². The van der Waals surface area contributed by atoms with Gasteiger partial charge in [-0.05, 0) is 17.0 Å². The summed E-state index contributed by atoms with van der Waals surface area (Å²) in [6, 6.07) is 0.803. The van der Waals surface area contributed by atoms with Gasteiger partial charge >= 0.3 is 5.97 Å². The van der Waals surface area contributed by atoms with Gasteiger partial charge in [-0.15, -0.1) is 11.3 Å². The first kappa shape index (κ1) is 12.0. The van der Waals surface area contributed by atoms with Crippen molar-refractivity contribution in [2.75, 3.05) is 0 Å². The number of aliphatic carboxylic acids is 1. The number of carbonyl (C=O) groups is 2. The summed E-state index contributed by atoms with van der Waals surface area (Å²) in [5.41, 5.74) is 0.811. The van der Waals surface area contributed by atoms with Gasteiger partial charge in [0.15, 0.2) is 0 Å². The normalized spacial score (nSPS) is 12.1. The maximum Gasteiger partial charge on any atom is 0.326 e. The molecule has 0 saturated carbocycles. The van der Waals surface area contributed by atoms with E-state index in [1.165, 1.54) is 18.3 Å². The van der Waals surface area contributed by atoms with E-state index in [1.807, 2.05) is 0 Å². The fraction of sp³-hybridized carbons (Fsp3) is 0.333. The molecule has 0 fully saturated rings. The molecule has 0 spiro atoms. The Bertz CT molecular complexity index is 377. The third-order valence-corrected chi connectivity index (χ3v) is 2.88. The lowest BCUT2D eigenvalue weighted by atomic mass is 10.1. The average Bonchev–Trinajstić information content (AvgIpc) is 2.49. The number of thiophene rings is 1. The zero-order valence-electron chi connectivity index (χ0n) is 7.99. The molecule has 1 heterocycles. The van der Waals surface area contributed by atoms with Crippen molar-refractivity contribution in [3.8, 4) is 0 Å². The lowest BCUT2D eigenvalue weighted by Gasteiger charge is -2.11. The summed E-state index contributed by atoms with van der Waals surface area (Å²) in [5.74, 6) is -1.41. The lowest BCUT2D eigenvalue weighted by Crippen LogP contribution is -2.41. The zero-order valence-corrected chi connectivity index (χ0v) is 9.56. The molecule has 1 atom stereocenters. The second kappa shape index (κ2) is 5.14. The number of hydrogen-bond acceptors (Lipinski definition) is 3. The van der Waals surface area contributed by atoms with Gasteiger partial charge in [0, 0.05) is 13.3 Å². The summed E-state index contributed by atoms with van der Waals surface area (Å²) in [6.45, 7) is 1.29. The van der Waals surface area contributed by atoms with E-state index in [0.29, 0.717) is 4.34 Å². The third-order valence-electron chi connectivity index (χ3n) is 1.74. The minimum absolute atomic E-state index is 0.248. The van der Waals surface area contributed by atoms with E-state index < -0.39 is 12.0 Å². The van der Waals surface area contributed by atoms with Crippen molar-refractivity contribution in [3.05, 3.63) is 21.3 Å². The molecule has 1 amide bonds. The monoisotopic (exact) mass is 247 g/mol. The number of rotatable bonds is 4. The molecule has 0 aliphatic heterocycles. The van der Waals surface area contributed by atoms with Crippen LogP contribution in [-0.2, 0) is 16.0 Å². The molecule has 0 aliphatic rings. The van der Waals surface area contributed by atoms with Crippen molar-refractivity contribution in [1.29, 1.82) is 0 Å². The number of amides is 1. The van der Waals surface area contributed by atoms with Crippen molar-refractivity contribution in [2.45, 2.75) is 19.4 Å². The van der Waals surface area contributed by atoms with Crippen LogP contribution >= 0.6 is 22.9 Å². The van der Waals surface area contributed by atoms with E-state index in [-0.39, 0.29) is 12.3 Å². The summed E-state index contributed by atoms with van der Waals surface area (Å²) in [4.78, 5) is 21.6. The Morgan fingerprint density at radius 3 is 2.73 bits per heavy atom. The fourth-order valence-electron chi connectivity index (χ4n) is 1.13. The summed E-state index contributed by atoms with van der Waals surface area (Å²) >= 11 is 7.05. The van der Waals surface area contributed by atoms with Gasteiger partial charge in [0.2, 0.25) is 5.91 Å². The van der Waals surface area contributed by atoms with Gasteiger partial charge in [-0.25, -0.2) is 4.79 Å². The molecule has 1 rings (SSSR count). The predicted molar refractivity (Wildman–Crippen MR) is 58.3 cm³/mol. The Labute approximate surface area is 95.9 Å². The van der Waals surface area contributed by atoms with Crippen LogP contribution in [0.5, 0.6) is 0 Å². The van der Waals surface area contributed by atoms with Gasteiger partial charge in [-0.2, -0.15) is 0 Å². The van der Waals surface area contributed by atoms with E-state index in [4.69, 9.17) is 16.7 Å². The highest BCUT2D eigenvalue weighted by Crippen LogP contribution is 2.20. The quantitative estimate of drug-likeness (QED) is 0.848.